The van der Waals surface area contributed by atoms with Crippen molar-refractivity contribution in [1.82, 2.24) is 10.2 Å². The third-order valence-corrected chi connectivity index (χ3v) is 3.03. The second-order valence-corrected chi connectivity index (χ2v) is 4.15. The average Bonchev–Trinajstić information content (AvgIpc) is 2.84. The first kappa shape index (κ1) is 9.49. The Hall–Kier alpha value is -1.06. The van der Waals surface area contributed by atoms with Crippen molar-refractivity contribution in [2.24, 2.45) is 5.92 Å². The van der Waals surface area contributed by atoms with Crippen molar-refractivity contribution in [2.45, 2.75) is 38.6 Å². The van der Waals surface area contributed by atoms with Gasteiger partial charge in [-0.2, -0.15) is 0 Å². The third kappa shape index (κ3) is 1.74. The van der Waals surface area contributed by atoms with Gasteiger partial charge in [0.2, 0.25) is 5.91 Å². The van der Waals surface area contributed by atoms with Crippen LogP contribution >= 0.6 is 0 Å². The molecule has 0 aromatic heterocycles. The minimum absolute atomic E-state index is 0.140. The van der Waals surface area contributed by atoms with Crippen LogP contribution in [0.5, 0.6) is 0 Å². The molecule has 0 aromatic rings. The quantitative estimate of drug-likeness (QED) is 0.735. The fourth-order valence-corrected chi connectivity index (χ4v) is 2.19. The largest absolute Gasteiger partial charge is 0.324 e. The topological polar surface area (TPSA) is 49.4 Å². The van der Waals surface area contributed by atoms with Crippen molar-refractivity contribution in [3.05, 3.63) is 0 Å². The summed E-state index contributed by atoms with van der Waals surface area (Å²) >= 11 is 0. The van der Waals surface area contributed by atoms with E-state index in [-0.39, 0.29) is 11.9 Å². The number of nitrogens with zero attached hydrogens (tertiary/aromatic N) is 1. The van der Waals surface area contributed by atoms with E-state index in [1.165, 1.54) is 12.8 Å². The molecule has 0 bridgehead atoms. The molecule has 1 N–H and O–H groups in total. The standard InChI is InChI=1S/C10H16N2O2/c1-2-3-7-6-8(7)12-5-4-9(13)11-10(12)14/h7-8H,2-6H2,1H3,(H,11,13,14). The highest BCUT2D eigenvalue weighted by atomic mass is 16.2. The van der Waals surface area contributed by atoms with Crippen LogP contribution in [0.1, 0.15) is 32.6 Å². The monoisotopic (exact) mass is 196 g/mol. The van der Waals surface area contributed by atoms with Crippen LogP contribution in [-0.2, 0) is 4.79 Å². The summed E-state index contributed by atoms with van der Waals surface area (Å²) in [4.78, 5) is 24.2. The number of hydrogen-bond donors (Lipinski definition) is 1. The summed E-state index contributed by atoms with van der Waals surface area (Å²) in [6.07, 6.45) is 3.95. The van der Waals surface area contributed by atoms with E-state index in [1.807, 2.05) is 4.90 Å². The minimum atomic E-state index is -0.190. The zero-order valence-corrected chi connectivity index (χ0v) is 8.45. The van der Waals surface area contributed by atoms with Gasteiger partial charge in [0, 0.05) is 19.0 Å². The summed E-state index contributed by atoms with van der Waals surface area (Å²) in [6.45, 7) is 2.77. The lowest BCUT2D eigenvalue weighted by atomic mass is 10.2. The summed E-state index contributed by atoms with van der Waals surface area (Å²) in [5.41, 5.74) is 0. The van der Waals surface area contributed by atoms with Gasteiger partial charge in [0.25, 0.3) is 0 Å². The van der Waals surface area contributed by atoms with E-state index in [0.717, 1.165) is 6.42 Å². The second-order valence-electron chi connectivity index (χ2n) is 4.15. The van der Waals surface area contributed by atoms with Gasteiger partial charge in [-0.15, -0.1) is 0 Å². The lowest BCUT2D eigenvalue weighted by molar-refractivity contribution is -0.121. The molecule has 1 saturated heterocycles. The van der Waals surface area contributed by atoms with Crippen molar-refractivity contribution in [3.8, 4) is 0 Å². The minimum Gasteiger partial charge on any atom is -0.321 e. The van der Waals surface area contributed by atoms with Gasteiger partial charge >= 0.3 is 6.03 Å². The fourth-order valence-electron chi connectivity index (χ4n) is 2.19. The Morgan fingerprint density at radius 2 is 2.29 bits per heavy atom. The fraction of sp³-hybridized carbons (Fsp3) is 0.800. The maximum Gasteiger partial charge on any atom is 0.324 e. The zero-order chi connectivity index (χ0) is 10.1. The van der Waals surface area contributed by atoms with E-state index < -0.39 is 0 Å². The van der Waals surface area contributed by atoms with Crippen LogP contribution in [0.4, 0.5) is 4.79 Å². The zero-order valence-electron chi connectivity index (χ0n) is 8.45. The predicted octanol–water partition coefficient (Wildman–Crippen LogP) is 1.12. The van der Waals surface area contributed by atoms with Gasteiger partial charge in [0.05, 0.1) is 0 Å². The molecule has 14 heavy (non-hydrogen) atoms. The van der Waals surface area contributed by atoms with Crippen LogP contribution in [0, 0.1) is 5.92 Å². The number of imide groups is 1. The first-order valence-electron chi connectivity index (χ1n) is 5.33. The van der Waals surface area contributed by atoms with Gasteiger partial charge in [-0.3, -0.25) is 10.1 Å². The van der Waals surface area contributed by atoms with E-state index in [2.05, 4.69) is 12.2 Å². The average molecular weight is 196 g/mol. The Morgan fingerprint density at radius 1 is 1.50 bits per heavy atom. The van der Waals surface area contributed by atoms with E-state index in [9.17, 15) is 9.59 Å². The number of hydrogen-bond acceptors (Lipinski definition) is 2. The van der Waals surface area contributed by atoms with Crippen LogP contribution in [-0.4, -0.2) is 29.4 Å². The van der Waals surface area contributed by atoms with E-state index in [1.54, 1.807) is 0 Å². The molecule has 2 atom stereocenters. The molecule has 0 spiro atoms. The normalized spacial score (nSPS) is 31.6. The maximum atomic E-state index is 11.4. The van der Waals surface area contributed by atoms with E-state index in [4.69, 9.17) is 0 Å². The molecule has 1 saturated carbocycles. The number of carbonyl (C=O) groups excluding carboxylic acids is 2. The molecule has 78 valence electrons. The van der Waals surface area contributed by atoms with E-state index >= 15 is 0 Å². The maximum absolute atomic E-state index is 11.4. The molecular formula is C10H16N2O2. The SMILES string of the molecule is CCCC1CC1N1CCC(=O)NC1=O. The first-order chi connectivity index (χ1) is 6.72. The number of nitrogens with one attached hydrogen (secondary N) is 1. The summed E-state index contributed by atoms with van der Waals surface area (Å²) in [5, 5.41) is 2.36. The molecule has 4 nitrogen and oxygen atoms in total. The van der Waals surface area contributed by atoms with Gasteiger partial charge < -0.3 is 4.90 Å². The molecule has 1 aliphatic heterocycles. The molecule has 0 aromatic carbocycles. The molecule has 0 radical (unpaired) electrons. The summed E-state index contributed by atoms with van der Waals surface area (Å²) in [7, 11) is 0. The van der Waals surface area contributed by atoms with Crippen molar-refractivity contribution in [2.75, 3.05) is 6.54 Å². The highest BCUT2D eigenvalue weighted by Gasteiger charge is 2.44. The second kappa shape index (κ2) is 3.59. The van der Waals surface area contributed by atoms with Crippen molar-refractivity contribution < 1.29 is 9.59 Å². The highest BCUT2D eigenvalue weighted by molar-refractivity contribution is 5.96. The first-order valence-corrected chi connectivity index (χ1v) is 5.33. The molecule has 1 aliphatic carbocycles. The summed E-state index contributed by atoms with van der Waals surface area (Å²) in [5.74, 6) is 0.540. The smallest absolute Gasteiger partial charge is 0.321 e. The third-order valence-electron chi connectivity index (χ3n) is 3.03. The van der Waals surface area contributed by atoms with Crippen molar-refractivity contribution in [1.29, 1.82) is 0 Å². The number of carbonyl (C=O) groups is 2. The Balaban J connectivity index is 1.87. The Morgan fingerprint density at radius 3 is 2.93 bits per heavy atom. The summed E-state index contributed by atoms with van der Waals surface area (Å²) in [6, 6.07) is 0.216. The lowest BCUT2D eigenvalue weighted by Gasteiger charge is -2.26. The Bertz CT molecular complexity index is 265. The molecule has 4 heteroatoms. The van der Waals surface area contributed by atoms with Gasteiger partial charge in [-0.05, 0) is 18.8 Å². The van der Waals surface area contributed by atoms with Crippen LogP contribution in [0.25, 0.3) is 0 Å². The summed E-state index contributed by atoms with van der Waals surface area (Å²) < 4.78 is 0. The molecular weight excluding hydrogens is 180 g/mol. The molecule has 2 fully saturated rings. The number of amides is 3. The van der Waals surface area contributed by atoms with Crippen LogP contribution < -0.4 is 5.32 Å². The van der Waals surface area contributed by atoms with Crippen molar-refractivity contribution in [3.63, 3.8) is 0 Å². The molecule has 2 unspecified atom stereocenters. The van der Waals surface area contributed by atoms with Crippen LogP contribution in [0.3, 0.4) is 0 Å². The van der Waals surface area contributed by atoms with Gasteiger partial charge in [-0.1, -0.05) is 13.3 Å². The van der Waals surface area contributed by atoms with E-state index in [0.29, 0.717) is 24.9 Å². The highest BCUT2D eigenvalue weighted by Crippen LogP contribution is 2.39. The van der Waals surface area contributed by atoms with Crippen LogP contribution in [0.15, 0.2) is 0 Å². The lowest BCUT2D eigenvalue weighted by Crippen LogP contribution is -2.50. The van der Waals surface area contributed by atoms with Gasteiger partial charge in [0.1, 0.15) is 0 Å². The molecule has 2 rings (SSSR count). The number of rotatable bonds is 3. The number of urea groups is 1. The Labute approximate surface area is 83.6 Å². The molecule has 3 amide bonds. The van der Waals surface area contributed by atoms with Gasteiger partial charge in [0.15, 0.2) is 0 Å². The Kier molecular flexibility index (Phi) is 2.44. The predicted molar refractivity (Wildman–Crippen MR) is 51.7 cm³/mol. The van der Waals surface area contributed by atoms with Crippen LogP contribution in [0.2, 0.25) is 0 Å². The molecule has 1 heterocycles. The molecule has 2 aliphatic rings. The van der Waals surface area contributed by atoms with Gasteiger partial charge in [-0.25, -0.2) is 4.79 Å². The van der Waals surface area contributed by atoms with Crippen molar-refractivity contribution >= 4 is 11.9 Å².